The average Bonchev–Trinajstić information content (AvgIpc) is 3.01. The van der Waals surface area contributed by atoms with E-state index in [1.54, 1.807) is 10.9 Å². The van der Waals surface area contributed by atoms with Crippen molar-refractivity contribution in [1.82, 2.24) is 30.0 Å². The van der Waals surface area contributed by atoms with Gasteiger partial charge in [0.15, 0.2) is 0 Å². The molecule has 22 heavy (non-hydrogen) atoms. The van der Waals surface area contributed by atoms with Gasteiger partial charge < -0.3 is 5.32 Å². The summed E-state index contributed by atoms with van der Waals surface area (Å²) >= 11 is 0. The van der Waals surface area contributed by atoms with Gasteiger partial charge in [-0.25, -0.2) is 19.6 Å². The molecule has 2 aromatic heterocycles. The number of nitrogens with one attached hydrogen (secondary N) is 1. The zero-order chi connectivity index (χ0) is 15.9. The van der Waals surface area contributed by atoms with Gasteiger partial charge in [-0.2, -0.15) is 5.10 Å². The van der Waals surface area contributed by atoms with E-state index in [1.165, 1.54) is 12.7 Å². The first-order valence-corrected chi connectivity index (χ1v) is 7.68. The van der Waals surface area contributed by atoms with E-state index >= 15 is 0 Å². The van der Waals surface area contributed by atoms with Crippen molar-refractivity contribution in [2.45, 2.75) is 52.6 Å². The third-order valence-corrected chi connectivity index (χ3v) is 3.50. The fourth-order valence-electron chi connectivity index (χ4n) is 2.35. The van der Waals surface area contributed by atoms with Crippen molar-refractivity contribution in [1.29, 1.82) is 0 Å². The summed E-state index contributed by atoms with van der Waals surface area (Å²) in [6.45, 7) is 6.78. The van der Waals surface area contributed by atoms with Crippen molar-refractivity contribution in [2.24, 2.45) is 0 Å². The molecular formula is C15H22N6O. The fourth-order valence-corrected chi connectivity index (χ4v) is 2.35. The van der Waals surface area contributed by atoms with Crippen LogP contribution in [-0.4, -0.2) is 30.6 Å². The molecule has 1 atom stereocenters. The Hall–Kier alpha value is -2.31. The lowest BCUT2D eigenvalue weighted by molar-refractivity contribution is 0.0931. The Morgan fingerprint density at radius 3 is 2.77 bits per heavy atom. The minimum absolute atomic E-state index is 0.165. The summed E-state index contributed by atoms with van der Waals surface area (Å²) in [7, 11) is 0. The maximum atomic E-state index is 12.6. The van der Waals surface area contributed by atoms with Crippen molar-refractivity contribution in [3.05, 3.63) is 35.9 Å². The number of hydrogen-bond donors (Lipinski definition) is 1. The SMILES string of the molecule is CCCc1ncncc1C(=O)N[C@@H](CC)c1ncnn1CC. The molecule has 1 amide bonds. The molecular weight excluding hydrogens is 280 g/mol. The van der Waals surface area contributed by atoms with Crippen LogP contribution >= 0.6 is 0 Å². The van der Waals surface area contributed by atoms with E-state index in [1.807, 2.05) is 13.8 Å². The van der Waals surface area contributed by atoms with Gasteiger partial charge in [-0.15, -0.1) is 0 Å². The summed E-state index contributed by atoms with van der Waals surface area (Å²) in [6, 6.07) is -0.176. The van der Waals surface area contributed by atoms with E-state index in [0.29, 0.717) is 5.56 Å². The normalized spacial score (nSPS) is 12.1. The van der Waals surface area contributed by atoms with Gasteiger partial charge >= 0.3 is 0 Å². The Labute approximate surface area is 130 Å². The van der Waals surface area contributed by atoms with Crippen LogP contribution in [0.5, 0.6) is 0 Å². The van der Waals surface area contributed by atoms with Crippen LogP contribution in [0, 0.1) is 0 Å². The molecule has 1 N–H and O–H groups in total. The third-order valence-electron chi connectivity index (χ3n) is 3.50. The van der Waals surface area contributed by atoms with Gasteiger partial charge in [0.2, 0.25) is 0 Å². The molecule has 0 saturated carbocycles. The molecule has 0 aliphatic rings. The van der Waals surface area contributed by atoms with Crippen LogP contribution in [0.15, 0.2) is 18.9 Å². The predicted octanol–water partition coefficient (Wildman–Crippen LogP) is 1.92. The molecule has 7 heteroatoms. The monoisotopic (exact) mass is 302 g/mol. The lowest BCUT2D eigenvalue weighted by Crippen LogP contribution is -2.31. The minimum atomic E-state index is -0.176. The van der Waals surface area contributed by atoms with E-state index in [0.717, 1.165) is 37.3 Å². The average molecular weight is 302 g/mol. The van der Waals surface area contributed by atoms with Crippen LogP contribution in [0.1, 0.15) is 61.5 Å². The second-order valence-electron chi connectivity index (χ2n) is 5.00. The Morgan fingerprint density at radius 1 is 1.27 bits per heavy atom. The quantitative estimate of drug-likeness (QED) is 0.844. The van der Waals surface area contributed by atoms with Gasteiger partial charge in [0.25, 0.3) is 5.91 Å². The number of carbonyl (C=O) groups is 1. The topological polar surface area (TPSA) is 85.6 Å². The molecule has 0 aromatic carbocycles. The fraction of sp³-hybridized carbons (Fsp3) is 0.533. The molecule has 0 aliphatic carbocycles. The second kappa shape index (κ2) is 7.63. The molecule has 0 unspecified atom stereocenters. The summed E-state index contributed by atoms with van der Waals surface area (Å²) in [5.41, 5.74) is 1.31. The van der Waals surface area contributed by atoms with Crippen LogP contribution in [0.25, 0.3) is 0 Å². The first-order valence-electron chi connectivity index (χ1n) is 7.68. The molecule has 0 bridgehead atoms. The lowest BCUT2D eigenvalue weighted by Gasteiger charge is -2.17. The number of hydrogen-bond acceptors (Lipinski definition) is 5. The summed E-state index contributed by atoms with van der Waals surface area (Å²) < 4.78 is 1.79. The summed E-state index contributed by atoms with van der Waals surface area (Å²) in [4.78, 5) is 25.0. The highest BCUT2D eigenvalue weighted by Crippen LogP contribution is 2.15. The minimum Gasteiger partial charge on any atom is -0.342 e. The number of amides is 1. The van der Waals surface area contributed by atoms with Gasteiger partial charge in [0.1, 0.15) is 18.5 Å². The van der Waals surface area contributed by atoms with Gasteiger partial charge in [0.05, 0.1) is 17.3 Å². The molecule has 0 aliphatic heterocycles. The smallest absolute Gasteiger partial charge is 0.255 e. The van der Waals surface area contributed by atoms with E-state index in [2.05, 4.69) is 32.3 Å². The van der Waals surface area contributed by atoms with E-state index in [9.17, 15) is 4.79 Å². The van der Waals surface area contributed by atoms with Crippen LogP contribution in [0.2, 0.25) is 0 Å². The Bertz CT molecular complexity index is 624. The Balaban J connectivity index is 2.20. The van der Waals surface area contributed by atoms with Crippen molar-refractivity contribution >= 4 is 5.91 Å². The van der Waals surface area contributed by atoms with Gasteiger partial charge in [-0.05, 0) is 19.8 Å². The van der Waals surface area contributed by atoms with Crippen LogP contribution in [0.3, 0.4) is 0 Å². The molecule has 0 spiro atoms. The Morgan fingerprint density at radius 2 is 2.09 bits per heavy atom. The summed E-state index contributed by atoms with van der Waals surface area (Å²) in [6.07, 6.45) is 6.99. The Kier molecular flexibility index (Phi) is 5.57. The first kappa shape index (κ1) is 16.1. The van der Waals surface area contributed by atoms with Crippen molar-refractivity contribution in [2.75, 3.05) is 0 Å². The summed E-state index contributed by atoms with van der Waals surface area (Å²) in [5, 5.41) is 7.18. The van der Waals surface area contributed by atoms with Gasteiger partial charge in [-0.3, -0.25) is 4.79 Å². The second-order valence-corrected chi connectivity index (χ2v) is 5.00. The van der Waals surface area contributed by atoms with E-state index in [4.69, 9.17) is 0 Å². The highest BCUT2D eigenvalue weighted by atomic mass is 16.1. The molecule has 0 radical (unpaired) electrons. The number of nitrogens with zero attached hydrogens (tertiary/aromatic N) is 5. The van der Waals surface area contributed by atoms with Gasteiger partial charge in [-0.1, -0.05) is 20.3 Å². The van der Waals surface area contributed by atoms with Gasteiger partial charge in [0, 0.05) is 12.7 Å². The third kappa shape index (κ3) is 3.47. The standard InChI is InChI=1S/C15H22N6O/c1-4-7-13-11(8-16-9-17-13)15(22)20-12(5-2)14-18-10-19-21(14)6-3/h8-10,12H,4-7H2,1-3H3,(H,20,22)/t12-/m0/s1. The van der Waals surface area contributed by atoms with Crippen LogP contribution in [0.4, 0.5) is 0 Å². The molecule has 0 fully saturated rings. The number of aryl methyl sites for hydroxylation is 2. The predicted molar refractivity (Wildman–Crippen MR) is 82.2 cm³/mol. The lowest BCUT2D eigenvalue weighted by atomic mass is 10.1. The highest BCUT2D eigenvalue weighted by molar-refractivity contribution is 5.95. The molecule has 2 rings (SSSR count). The molecule has 7 nitrogen and oxygen atoms in total. The van der Waals surface area contributed by atoms with Crippen molar-refractivity contribution in [3.63, 3.8) is 0 Å². The molecule has 2 aromatic rings. The molecule has 118 valence electrons. The number of rotatable bonds is 7. The largest absolute Gasteiger partial charge is 0.342 e. The van der Waals surface area contributed by atoms with Crippen LogP contribution in [-0.2, 0) is 13.0 Å². The maximum Gasteiger partial charge on any atom is 0.255 e. The number of carbonyl (C=O) groups excluding carboxylic acids is 1. The molecule has 0 saturated heterocycles. The highest BCUT2D eigenvalue weighted by Gasteiger charge is 2.20. The van der Waals surface area contributed by atoms with Crippen molar-refractivity contribution in [3.8, 4) is 0 Å². The van der Waals surface area contributed by atoms with Crippen molar-refractivity contribution < 1.29 is 4.79 Å². The zero-order valence-corrected chi connectivity index (χ0v) is 13.3. The number of aromatic nitrogens is 5. The zero-order valence-electron chi connectivity index (χ0n) is 13.3. The molecule has 2 heterocycles. The van der Waals surface area contributed by atoms with Crippen LogP contribution < -0.4 is 5.32 Å². The summed E-state index contributed by atoms with van der Waals surface area (Å²) in [5.74, 6) is 0.605. The van der Waals surface area contributed by atoms with E-state index < -0.39 is 0 Å². The maximum absolute atomic E-state index is 12.6. The van der Waals surface area contributed by atoms with E-state index in [-0.39, 0.29) is 11.9 Å². The first-order chi connectivity index (χ1) is 10.7.